The summed E-state index contributed by atoms with van der Waals surface area (Å²) in [5.41, 5.74) is 1.54. The molecule has 21 heavy (non-hydrogen) atoms. The van der Waals surface area contributed by atoms with Gasteiger partial charge in [0.2, 0.25) is 0 Å². The van der Waals surface area contributed by atoms with Crippen LogP contribution in [-0.4, -0.2) is 15.9 Å². The summed E-state index contributed by atoms with van der Waals surface area (Å²) < 4.78 is 13.0. The van der Waals surface area contributed by atoms with Crippen molar-refractivity contribution in [2.75, 3.05) is 5.32 Å². The van der Waals surface area contributed by atoms with E-state index in [0.717, 1.165) is 12.1 Å². The number of fused-ring (bicyclic) bond motifs is 1. The van der Waals surface area contributed by atoms with Gasteiger partial charge < -0.3 is 15.3 Å². The van der Waals surface area contributed by atoms with Gasteiger partial charge in [-0.25, -0.2) is 9.18 Å². The normalized spacial score (nSPS) is 10.8. The fourth-order valence-electron chi connectivity index (χ4n) is 1.98. The van der Waals surface area contributed by atoms with Gasteiger partial charge in [0.15, 0.2) is 0 Å². The average Bonchev–Trinajstić information content (AvgIpc) is 2.77. The monoisotopic (exact) mass is 305 g/mol. The lowest BCUT2D eigenvalue weighted by Gasteiger charge is -2.07. The number of amides is 1. The summed E-state index contributed by atoms with van der Waals surface area (Å²) in [6.45, 7) is 0. The second kappa shape index (κ2) is 5.06. The molecule has 0 aliphatic heterocycles. The predicted molar refractivity (Wildman–Crippen MR) is 78.3 cm³/mol. The Kier molecular flexibility index (Phi) is 3.23. The number of rotatable bonds is 2. The van der Waals surface area contributed by atoms with Crippen LogP contribution in [0.15, 0.2) is 41.2 Å². The zero-order chi connectivity index (χ0) is 15.0. The minimum atomic E-state index is -0.511. The first-order valence-corrected chi connectivity index (χ1v) is 6.39. The quantitative estimate of drug-likeness (QED) is 0.681. The second-order valence-corrected chi connectivity index (χ2v) is 4.82. The number of aromatic amines is 2. The SMILES string of the molecule is O=C(Nc1ccc2[nH]c(=O)[nH]c2c1)c1ccc(F)cc1Cl. The summed E-state index contributed by atoms with van der Waals surface area (Å²) in [5, 5.41) is 2.67. The number of H-pyrrole nitrogens is 2. The van der Waals surface area contributed by atoms with E-state index >= 15 is 0 Å². The Balaban J connectivity index is 1.90. The number of benzene rings is 2. The van der Waals surface area contributed by atoms with Gasteiger partial charge in [-0.3, -0.25) is 4.79 Å². The highest BCUT2D eigenvalue weighted by atomic mass is 35.5. The number of anilines is 1. The highest BCUT2D eigenvalue weighted by Gasteiger charge is 2.11. The molecule has 0 bridgehead atoms. The summed E-state index contributed by atoms with van der Waals surface area (Å²) in [5.74, 6) is -0.972. The smallest absolute Gasteiger partial charge is 0.322 e. The van der Waals surface area contributed by atoms with Gasteiger partial charge in [-0.15, -0.1) is 0 Å². The van der Waals surface area contributed by atoms with Crippen LogP contribution >= 0.6 is 11.6 Å². The van der Waals surface area contributed by atoms with Crippen LogP contribution in [0.5, 0.6) is 0 Å². The molecule has 3 N–H and O–H groups in total. The molecule has 0 aliphatic carbocycles. The van der Waals surface area contributed by atoms with Crippen molar-refractivity contribution in [1.82, 2.24) is 9.97 Å². The Hall–Kier alpha value is -2.60. The molecular weight excluding hydrogens is 297 g/mol. The molecule has 7 heteroatoms. The lowest BCUT2D eigenvalue weighted by Crippen LogP contribution is -2.12. The largest absolute Gasteiger partial charge is 0.323 e. The Morgan fingerprint density at radius 2 is 1.86 bits per heavy atom. The number of hydrogen-bond donors (Lipinski definition) is 3. The Morgan fingerprint density at radius 3 is 2.62 bits per heavy atom. The summed E-state index contributed by atoms with van der Waals surface area (Å²) in [6.07, 6.45) is 0. The predicted octanol–water partition coefficient (Wildman–Crippen LogP) is 2.90. The topological polar surface area (TPSA) is 77.8 Å². The standard InChI is InChI=1S/C14H9ClFN3O2/c15-10-5-7(16)1-3-9(10)13(20)17-8-2-4-11-12(6-8)19-14(21)18-11/h1-6H,(H,17,20)(H2,18,19,21). The van der Waals surface area contributed by atoms with Crippen molar-refractivity contribution in [3.63, 3.8) is 0 Å². The first-order valence-electron chi connectivity index (χ1n) is 6.01. The van der Waals surface area contributed by atoms with Crippen LogP contribution in [-0.2, 0) is 0 Å². The number of hydrogen-bond acceptors (Lipinski definition) is 2. The van der Waals surface area contributed by atoms with Gasteiger partial charge in [-0.05, 0) is 36.4 Å². The van der Waals surface area contributed by atoms with E-state index in [-0.39, 0.29) is 16.3 Å². The molecular formula is C14H9ClFN3O2. The van der Waals surface area contributed by atoms with Crippen molar-refractivity contribution < 1.29 is 9.18 Å². The number of carbonyl (C=O) groups excluding carboxylic acids is 1. The van der Waals surface area contributed by atoms with Gasteiger partial charge in [0.25, 0.3) is 5.91 Å². The molecule has 3 rings (SSSR count). The molecule has 0 unspecified atom stereocenters. The molecule has 1 heterocycles. The number of carbonyl (C=O) groups is 1. The molecule has 0 atom stereocenters. The van der Waals surface area contributed by atoms with E-state index in [1.165, 1.54) is 6.07 Å². The maximum Gasteiger partial charge on any atom is 0.323 e. The minimum Gasteiger partial charge on any atom is -0.322 e. The summed E-state index contributed by atoms with van der Waals surface area (Å²) in [6, 6.07) is 8.46. The van der Waals surface area contributed by atoms with Crippen LogP contribution < -0.4 is 11.0 Å². The molecule has 3 aromatic rings. The molecule has 1 aromatic heterocycles. The van der Waals surface area contributed by atoms with Crippen LogP contribution in [0, 0.1) is 5.82 Å². The van der Waals surface area contributed by atoms with Gasteiger partial charge in [0.05, 0.1) is 21.6 Å². The number of nitrogens with one attached hydrogen (secondary N) is 3. The van der Waals surface area contributed by atoms with Crippen molar-refractivity contribution in [3.8, 4) is 0 Å². The van der Waals surface area contributed by atoms with Crippen molar-refractivity contribution >= 4 is 34.2 Å². The number of imidazole rings is 1. The molecule has 0 fully saturated rings. The van der Waals surface area contributed by atoms with E-state index < -0.39 is 11.7 Å². The highest BCUT2D eigenvalue weighted by molar-refractivity contribution is 6.34. The summed E-state index contributed by atoms with van der Waals surface area (Å²) in [4.78, 5) is 28.5. The molecule has 106 valence electrons. The highest BCUT2D eigenvalue weighted by Crippen LogP contribution is 2.20. The summed E-state index contributed by atoms with van der Waals surface area (Å²) >= 11 is 5.84. The van der Waals surface area contributed by atoms with Crippen LogP contribution in [0.3, 0.4) is 0 Å². The Labute approximate surface area is 122 Å². The van der Waals surface area contributed by atoms with Crippen molar-refractivity contribution in [2.24, 2.45) is 0 Å². The van der Waals surface area contributed by atoms with Crippen LogP contribution in [0.4, 0.5) is 10.1 Å². The average molecular weight is 306 g/mol. The fraction of sp³-hybridized carbons (Fsp3) is 0. The molecule has 2 aromatic carbocycles. The number of aromatic nitrogens is 2. The molecule has 0 saturated heterocycles. The van der Waals surface area contributed by atoms with Gasteiger partial charge in [-0.1, -0.05) is 11.6 Å². The van der Waals surface area contributed by atoms with E-state index in [2.05, 4.69) is 15.3 Å². The van der Waals surface area contributed by atoms with Crippen molar-refractivity contribution in [3.05, 3.63) is 63.3 Å². The van der Waals surface area contributed by atoms with Crippen molar-refractivity contribution in [2.45, 2.75) is 0 Å². The first kappa shape index (κ1) is 13.4. The Morgan fingerprint density at radius 1 is 1.10 bits per heavy atom. The second-order valence-electron chi connectivity index (χ2n) is 4.42. The maximum absolute atomic E-state index is 13.0. The lowest BCUT2D eigenvalue weighted by atomic mass is 10.2. The summed E-state index contributed by atoms with van der Waals surface area (Å²) in [7, 11) is 0. The van der Waals surface area contributed by atoms with E-state index in [1.54, 1.807) is 18.2 Å². The van der Waals surface area contributed by atoms with Gasteiger partial charge in [-0.2, -0.15) is 0 Å². The molecule has 1 amide bonds. The zero-order valence-corrected chi connectivity index (χ0v) is 11.3. The first-order chi connectivity index (χ1) is 10.0. The maximum atomic E-state index is 13.0. The third-order valence-corrected chi connectivity index (χ3v) is 3.26. The molecule has 0 radical (unpaired) electrons. The molecule has 0 spiro atoms. The van der Waals surface area contributed by atoms with Crippen LogP contribution in [0.25, 0.3) is 11.0 Å². The van der Waals surface area contributed by atoms with Crippen LogP contribution in [0.1, 0.15) is 10.4 Å². The van der Waals surface area contributed by atoms with E-state index in [1.807, 2.05) is 0 Å². The molecule has 0 saturated carbocycles. The van der Waals surface area contributed by atoms with Crippen molar-refractivity contribution in [1.29, 1.82) is 0 Å². The Bertz CT molecular complexity index is 901. The van der Waals surface area contributed by atoms with E-state index in [0.29, 0.717) is 16.7 Å². The van der Waals surface area contributed by atoms with E-state index in [9.17, 15) is 14.0 Å². The van der Waals surface area contributed by atoms with Gasteiger partial charge in [0.1, 0.15) is 5.82 Å². The van der Waals surface area contributed by atoms with E-state index in [4.69, 9.17) is 11.6 Å². The fourth-order valence-corrected chi connectivity index (χ4v) is 2.24. The third-order valence-electron chi connectivity index (χ3n) is 2.95. The van der Waals surface area contributed by atoms with Crippen LogP contribution in [0.2, 0.25) is 5.02 Å². The molecule has 0 aliphatic rings. The molecule has 5 nitrogen and oxygen atoms in total. The van der Waals surface area contributed by atoms with Gasteiger partial charge in [0, 0.05) is 5.69 Å². The minimum absolute atomic E-state index is 0.0311. The van der Waals surface area contributed by atoms with Gasteiger partial charge >= 0.3 is 5.69 Å². The number of halogens is 2. The lowest BCUT2D eigenvalue weighted by molar-refractivity contribution is 0.102. The third kappa shape index (κ3) is 2.66. The zero-order valence-electron chi connectivity index (χ0n) is 10.5.